The summed E-state index contributed by atoms with van der Waals surface area (Å²) in [6, 6.07) is 4.80. The number of benzene rings is 1. The van der Waals surface area contributed by atoms with Gasteiger partial charge in [0, 0.05) is 28.9 Å². The molecule has 0 aliphatic carbocycles. The topological polar surface area (TPSA) is 50.4 Å². The molecule has 4 nitrogen and oxygen atoms in total. The van der Waals surface area contributed by atoms with Crippen LogP contribution in [0.25, 0.3) is 5.52 Å². The molecule has 1 aromatic carbocycles. The fraction of sp³-hybridized carbons (Fsp3) is 0.143. The molecule has 1 atom stereocenters. The first-order valence-corrected chi connectivity index (χ1v) is 6.83. The van der Waals surface area contributed by atoms with Gasteiger partial charge in [-0.05, 0) is 17.7 Å². The normalized spacial score (nSPS) is 12.8. The summed E-state index contributed by atoms with van der Waals surface area (Å²) in [5.41, 5.74) is 1.82. The van der Waals surface area contributed by atoms with Crippen LogP contribution in [0.1, 0.15) is 17.2 Å². The van der Waals surface area contributed by atoms with Crippen molar-refractivity contribution < 1.29 is 9.50 Å². The van der Waals surface area contributed by atoms with Gasteiger partial charge in [0.15, 0.2) is 0 Å². The molecule has 102 valence electrons. The molecule has 0 fully saturated rings. The predicted molar refractivity (Wildman–Crippen MR) is 75.8 cm³/mol. The van der Waals surface area contributed by atoms with E-state index in [2.05, 4.69) is 26.0 Å². The maximum Gasteiger partial charge on any atom is 0.127 e. The van der Waals surface area contributed by atoms with Crippen LogP contribution in [0.2, 0.25) is 0 Å². The number of aliphatic hydroxyl groups is 1. The van der Waals surface area contributed by atoms with Crippen molar-refractivity contribution in [2.24, 2.45) is 0 Å². The zero-order valence-electron chi connectivity index (χ0n) is 10.4. The molecule has 1 N–H and O–H groups in total. The highest BCUT2D eigenvalue weighted by Gasteiger charge is 2.16. The highest BCUT2D eigenvalue weighted by molar-refractivity contribution is 9.10. The van der Waals surface area contributed by atoms with Crippen molar-refractivity contribution in [1.82, 2.24) is 14.6 Å². The molecular weight excluding hydrogens is 325 g/mol. The minimum atomic E-state index is -0.827. The van der Waals surface area contributed by atoms with Crippen LogP contribution >= 0.6 is 15.9 Å². The molecule has 1 unspecified atom stereocenters. The van der Waals surface area contributed by atoms with Crippen LogP contribution in [0.5, 0.6) is 0 Å². The van der Waals surface area contributed by atoms with Crippen molar-refractivity contribution in [1.29, 1.82) is 0 Å². The zero-order valence-corrected chi connectivity index (χ0v) is 12.0. The summed E-state index contributed by atoms with van der Waals surface area (Å²) >= 11 is 3.21. The van der Waals surface area contributed by atoms with Crippen molar-refractivity contribution in [3.63, 3.8) is 0 Å². The quantitative estimate of drug-likeness (QED) is 0.800. The van der Waals surface area contributed by atoms with Gasteiger partial charge < -0.3 is 5.11 Å². The number of halogens is 2. The molecule has 2 aromatic heterocycles. The summed E-state index contributed by atoms with van der Waals surface area (Å²) in [7, 11) is 0. The van der Waals surface area contributed by atoms with Crippen molar-refractivity contribution in [3.05, 3.63) is 64.4 Å². The number of fused-ring (bicyclic) bond motifs is 1. The van der Waals surface area contributed by atoms with Gasteiger partial charge in [0.1, 0.15) is 5.82 Å². The van der Waals surface area contributed by atoms with Crippen LogP contribution in [-0.2, 0) is 6.42 Å². The van der Waals surface area contributed by atoms with Crippen molar-refractivity contribution in [2.75, 3.05) is 0 Å². The molecule has 0 aliphatic heterocycles. The molecule has 0 spiro atoms. The van der Waals surface area contributed by atoms with Crippen LogP contribution in [0.4, 0.5) is 4.39 Å². The summed E-state index contributed by atoms with van der Waals surface area (Å²) in [5.74, 6) is -0.340. The van der Waals surface area contributed by atoms with Crippen LogP contribution < -0.4 is 0 Å². The fourth-order valence-corrected chi connectivity index (χ4v) is 2.45. The van der Waals surface area contributed by atoms with Crippen molar-refractivity contribution in [3.8, 4) is 0 Å². The summed E-state index contributed by atoms with van der Waals surface area (Å²) < 4.78 is 16.1. The molecule has 0 radical (unpaired) electrons. The second-order valence-corrected chi connectivity index (χ2v) is 5.38. The van der Waals surface area contributed by atoms with Crippen LogP contribution in [0, 0.1) is 5.82 Å². The SMILES string of the molecule is OC(Cc1ccc(Br)cc1F)c1cnn2ccncc12. The van der Waals surface area contributed by atoms with E-state index in [1.54, 1.807) is 41.4 Å². The largest absolute Gasteiger partial charge is 0.388 e. The molecule has 2 heterocycles. The number of aliphatic hydroxyl groups excluding tert-OH is 1. The first kappa shape index (κ1) is 13.2. The van der Waals surface area contributed by atoms with E-state index >= 15 is 0 Å². The summed E-state index contributed by atoms with van der Waals surface area (Å²) in [6.07, 6.45) is 5.89. The third kappa shape index (κ3) is 2.44. The Bertz CT molecular complexity index is 759. The van der Waals surface area contributed by atoms with Gasteiger partial charge in [0.05, 0.1) is 24.0 Å². The Kier molecular flexibility index (Phi) is 3.50. The molecule has 0 aliphatic rings. The Morgan fingerprint density at radius 2 is 2.20 bits per heavy atom. The molecule has 0 saturated heterocycles. The molecule has 0 saturated carbocycles. The van der Waals surface area contributed by atoms with E-state index < -0.39 is 6.10 Å². The number of hydrogen-bond donors (Lipinski definition) is 1. The molecule has 0 amide bonds. The second-order valence-electron chi connectivity index (χ2n) is 4.46. The lowest BCUT2D eigenvalue weighted by molar-refractivity contribution is 0.178. The average molecular weight is 336 g/mol. The highest BCUT2D eigenvalue weighted by Crippen LogP contribution is 2.24. The zero-order chi connectivity index (χ0) is 14.1. The molecule has 0 bridgehead atoms. The maximum atomic E-state index is 13.8. The lowest BCUT2D eigenvalue weighted by Crippen LogP contribution is -2.03. The first-order chi connectivity index (χ1) is 9.65. The van der Waals surface area contributed by atoms with Gasteiger partial charge in [-0.3, -0.25) is 4.98 Å². The van der Waals surface area contributed by atoms with Gasteiger partial charge in [0.25, 0.3) is 0 Å². The van der Waals surface area contributed by atoms with Gasteiger partial charge in [-0.2, -0.15) is 5.10 Å². The Hall–Kier alpha value is -1.79. The number of aromatic nitrogens is 3. The first-order valence-electron chi connectivity index (χ1n) is 6.04. The molecule has 3 aromatic rings. The van der Waals surface area contributed by atoms with E-state index in [0.29, 0.717) is 15.6 Å². The van der Waals surface area contributed by atoms with Gasteiger partial charge >= 0.3 is 0 Å². The average Bonchev–Trinajstić information content (AvgIpc) is 2.86. The van der Waals surface area contributed by atoms with Gasteiger partial charge in [-0.1, -0.05) is 22.0 Å². The van der Waals surface area contributed by atoms with E-state index in [1.807, 2.05) is 0 Å². The van der Waals surface area contributed by atoms with Gasteiger partial charge in [0.2, 0.25) is 0 Å². The van der Waals surface area contributed by atoms with Crippen LogP contribution in [0.3, 0.4) is 0 Å². The summed E-state index contributed by atoms with van der Waals surface area (Å²) in [5, 5.41) is 14.4. The number of rotatable bonds is 3. The Morgan fingerprint density at radius 1 is 1.35 bits per heavy atom. The number of nitrogens with zero attached hydrogens (tertiary/aromatic N) is 3. The molecule has 3 rings (SSSR count). The van der Waals surface area contributed by atoms with E-state index in [0.717, 1.165) is 5.52 Å². The Balaban J connectivity index is 1.91. The standard InChI is InChI=1S/C14H11BrFN3O/c15-10-2-1-9(12(16)6-10)5-14(20)11-7-18-19-4-3-17-8-13(11)19/h1-4,6-8,14,20H,5H2. The minimum Gasteiger partial charge on any atom is -0.388 e. The van der Waals surface area contributed by atoms with Gasteiger partial charge in [-0.15, -0.1) is 0 Å². The fourth-order valence-electron chi connectivity index (χ4n) is 2.11. The summed E-state index contributed by atoms with van der Waals surface area (Å²) in [4.78, 5) is 4.01. The lowest BCUT2D eigenvalue weighted by Gasteiger charge is -2.10. The van der Waals surface area contributed by atoms with Crippen molar-refractivity contribution in [2.45, 2.75) is 12.5 Å². The highest BCUT2D eigenvalue weighted by atomic mass is 79.9. The van der Waals surface area contributed by atoms with Crippen LogP contribution in [0.15, 0.2) is 47.5 Å². The summed E-state index contributed by atoms with van der Waals surface area (Å²) in [6.45, 7) is 0. The Morgan fingerprint density at radius 3 is 3.00 bits per heavy atom. The molecule has 20 heavy (non-hydrogen) atoms. The Labute approximate surface area is 123 Å². The third-order valence-electron chi connectivity index (χ3n) is 3.14. The van der Waals surface area contributed by atoms with E-state index in [1.165, 1.54) is 6.07 Å². The number of hydrogen-bond acceptors (Lipinski definition) is 3. The smallest absolute Gasteiger partial charge is 0.127 e. The van der Waals surface area contributed by atoms with Crippen LogP contribution in [-0.4, -0.2) is 19.7 Å². The monoisotopic (exact) mass is 335 g/mol. The van der Waals surface area contributed by atoms with E-state index in [-0.39, 0.29) is 12.2 Å². The van der Waals surface area contributed by atoms with E-state index in [4.69, 9.17) is 0 Å². The minimum absolute atomic E-state index is 0.190. The molecule has 6 heteroatoms. The van der Waals surface area contributed by atoms with E-state index in [9.17, 15) is 9.50 Å². The van der Waals surface area contributed by atoms with Crippen molar-refractivity contribution >= 4 is 21.4 Å². The van der Waals surface area contributed by atoms with Gasteiger partial charge in [-0.25, -0.2) is 8.91 Å². The lowest BCUT2D eigenvalue weighted by atomic mass is 10.0. The third-order valence-corrected chi connectivity index (χ3v) is 3.64. The molecular formula is C14H11BrFN3O. The predicted octanol–water partition coefficient (Wildman–Crippen LogP) is 2.91. The maximum absolute atomic E-state index is 13.8. The second kappa shape index (κ2) is 5.30.